The number of carbonyl (C=O) groups is 1. The number of carbonyl (C=O) groups excluding carboxylic acids is 1. The normalized spacial score (nSPS) is 15.9. The molecule has 0 N–H and O–H groups in total. The third-order valence-corrected chi connectivity index (χ3v) is 9.43. The summed E-state index contributed by atoms with van der Waals surface area (Å²) in [5.41, 5.74) is 3.09. The second-order valence-corrected chi connectivity index (χ2v) is 12.1. The molecular weight excluding hydrogens is 480 g/mol. The van der Waals surface area contributed by atoms with Crippen LogP contribution in [0.1, 0.15) is 41.5 Å². The Morgan fingerprint density at radius 1 is 1.11 bits per heavy atom. The van der Waals surface area contributed by atoms with Gasteiger partial charge in [0.25, 0.3) is 0 Å². The van der Waals surface area contributed by atoms with Crippen molar-refractivity contribution in [2.45, 2.75) is 51.1 Å². The zero-order chi connectivity index (χ0) is 25.2. The van der Waals surface area contributed by atoms with E-state index in [1.807, 2.05) is 43.5 Å². The van der Waals surface area contributed by atoms with Crippen molar-refractivity contribution in [3.8, 4) is 5.75 Å². The number of ether oxygens (including phenoxy) is 1. The molecule has 35 heavy (non-hydrogen) atoms. The molecule has 0 saturated carbocycles. The Bertz CT molecular complexity index is 1280. The van der Waals surface area contributed by atoms with Crippen molar-refractivity contribution in [2.24, 2.45) is 0 Å². The average Bonchev–Trinajstić information content (AvgIpc) is 3.31. The van der Waals surface area contributed by atoms with E-state index in [1.54, 1.807) is 54.3 Å². The summed E-state index contributed by atoms with van der Waals surface area (Å²) in [5.74, 6) is 0.567. The Kier molecular flexibility index (Phi) is 7.64. The lowest BCUT2D eigenvalue weighted by Gasteiger charge is -2.37. The van der Waals surface area contributed by atoms with Gasteiger partial charge in [0, 0.05) is 17.5 Å². The van der Waals surface area contributed by atoms with Gasteiger partial charge in [0.05, 0.1) is 17.5 Å². The van der Waals surface area contributed by atoms with Crippen LogP contribution in [-0.4, -0.2) is 49.3 Å². The van der Waals surface area contributed by atoms with Gasteiger partial charge in [-0.05, 0) is 74.9 Å². The minimum Gasteiger partial charge on any atom is -0.491 e. The highest BCUT2D eigenvalue weighted by Crippen LogP contribution is 2.34. The van der Waals surface area contributed by atoms with Crippen LogP contribution in [0, 0.1) is 13.8 Å². The first-order valence-corrected chi connectivity index (χ1v) is 14.1. The molecule has 3 aromatic rings. The van der Waals surface area contributed by atoms with E-state index in [0.29, 0.717) is 13.2 Å². The predicted molar refractivity (Wildman–Crippen MR) is 139 cm³/mol. The molecule has 1 amide bonds. The van der Waals surface area contributed by atoms with Gasteiger partial charge in [-0.1, -0.05) is 35.9 Å². The molecule has 0 aliphatic carbocycles. The van der Waals surface area contributed by atoms with E-state index in [9.17, 15) is 13.2 Å². The van der Waals surface area contributed by atoms with E-state index in [1.165, 1.54) is 9.18 Å². The maximum absolute atomic E-state index is 13.6. The first-order chi connectivity index (χ1) is 16.7. The van der Waals surface area contributed by atoms with Gasteiger partial charge in [-0.15, -0.1) is 11.3 Å². The third kappa shape index (κ3) is 5.44. The molecule has 8 heteroatoms. The van der Waals surface area contributed by atoms with Crippen molar-refractivity contribution >= 4 is 27.3 Å². The van der Waals surface area contributed by atoms with Crippen molar-refractivity contribution < 1.29 is 17.9 Å². The lowest BCUT2D eigenvalue weighted by molar-refractivity contribution is -0.135. The molecule has 2 heterocycles. The fourth-order valence-electron chi connectivity index (χ4n) is 4.38. The molecule has 1 aliphatic rings. The van der Waals surface area contributed by atoms with Gasteiger partial charge in [-0.25, -0.2) is 8.42 Å². The molecule has 1 aliphatic heterocycles. The lowest BCUT2D eigenvalue weighted by atomic mass is 10.0. The Labute approximate surface area is 212 Å². The molecule has 6 nitrogen and oxygen atoms in total. The topological polar surface area (TPSA) is 66.9 Å². The fraction of sp³-hybridized carbons (Fsp3) is 0.370. The molecule has 0 bridgehead atoms. The van der Waals surface area contributed by atoms with E-state index in [0.717, 1.165) is 28.9 Å². The van der Waals surface area contributed by atoms with E-state index in [2.05, 4.69) is 6.07 Å². The van der Waals surface area contributed by atoms with E-state index < -0.39 is 10.0 Å². The first kappa shape index (κ1) is 25.4. The van der Waals surface area contributed by atoms with Gasteiger partial charge in [0.1, 0.15) is 12.4 Å². The van der Waals surface area contributed by atoms with Crippen molar-refractivity contribution in [3.63, 3.8) is 0 Å². The quantitative estimate of drug-likeness (QED) is 0.427. The van der Waals surface area contributed by atoms with Gasteiger partial charge in [-0.2, -0.15) is 4.31 Å². The molecule has 2 aromatic carbocycles. The molecule has 0 saturated heterocycles. The van der Waals surface area contributed by atoms with Crippen LogP contribution in [0.25, 0.3) is 0 Å². The lowest BCUT2D eigenvalue weighted by Crippen LogP contribution is -2.49. The van der Waals surface area contributed by atoms with Gasteiger partial charge >= 0.3 is 0 Å². The van der Waals surface area contributed by atoms with Crippen molar-refractivity contribution in [1.82, 2.24) is 9.21 Å². The van der Waals surface area contributed by atoms with Crippen LogP contribution in [0.15, 0.2) is 64.9 Å². The second kappa shape index (κ2) is 10.5. The van der Waals surface area contributed by atoms with Gasteiger partial charge < -0.3 is 9.64 Å². The van der Waals surface area contributed by atoms with Crippen LogP contribution in [0.5, 0.6) is 5.75 Å². The van der Waals surface area contributed by atoms with Crippen LogP contribution in [0.2, 0.25) is 0 Å². The van der Waals surface area contributed by atoms with Gasteiger partial charge in [-0.3, -0.25) is 4.79 Å². The van der Waals surface area contributed by atoms with E-state index in [4.69, 9.17) is 4.74 Å². The van der Waals surface area contributed by atoms with Crippen molar-refractivity contribution in [2.75, 3.05) is 19.7 Å². The number of nitrogens with zero attached hydrogens (tertiary/aromatic N) is 2. The van der Waals surface area contributed by atoms with Crippen LogP contribution in [-0.2, 0) is 21.2 Å². The predicted octanol–water partition coefficient (Wildman–Crippen LogP) is 4.97. The van der Waals surface area contributed by atoms with Crippen LogP contribution < -0.4 is 4.74 Å². The minimum atomic E-state index is -3.82. The number of thiophene rings is 1. The van der Waals surface area contributed by atoms with Crippen LogP contribution >= 0.6 is 11.3 Å². The number of fused-ring (bicyclic) bond motifs is 1. The maximum Gasteiger partial charge on any atom is 0.243 e. The summed E-state index contributed by atoms with van der Waals surface area (Å²) in [6, 6.07) is 16.0. The summed E-state index contributed by atoms with van der Waals surface area (Å²) < 4.78 is 34.3. The summed E-state index contributed by atoms with van der Waals surface area (Å²) in [5, 5.41) is 2.04. The number of amides is 1. The first-order valence-electron chi connectivity index (χ1n) is 11.8. The number of aryl methyl sites for hydroxylation is 2. The smallest absolute Gasteiger partial charge is 0.243 e. The monoisotopic (exact) mass is 512 g/mol. The Balaban J connectivity index is 1.58. The SMILES string of the molecule is Cc1ccc(S(=O)(=O)N(CC(=O)N2CCc3sccc3[C@@H]2COc2ccccc2C)C(C)C)cc1. The molecule has 186 valence electrons. The maximum atomic E-state index is 13.6. The summed E-state index contributed by atoms with van der Waals surface area (Å²) >= 11 is 1.69. The van der Waals surface area contributed by atoms with Crippen molar-refractivity contribution in [3.05, 3.63) is 81.5 Å². The number of benzene rings is 2. The standard InChI is InChI=1S/C27H32N2O4S2/c1-19(2)29(35(31,32)22-11-9-20(3)10-12-22)17-27(30)28-15-13-26-23(14-16-34-26)24(28)18-33-25-8-6-5-7-21(25)4/h5-12,14,16,19,24H,13,15,17-18H2,1-4H3/t24-/m0/s1. The largest absolute Gasteiger partial charge is 0.491 e. The highest BCUT2D eigenvalue weighted by atomic mass is 32.2. The number of para-hydroxylation sites is 1. The molecule has 4 rings (SSSR count). The van der Waals surface area contributed by atoms with Gasteiger partial charge in [0.2, 0.25) is 15.9 Å². The minimum absolute atomic E-state index is 0.197. The summed E-state index contributed by atoms with van der Waals surface area (Å²) in [6.45, 7) is 8.13. The third-order valence-electron chi connectivity index (χ3n) is 6.40. The highest BCUT2D eigenvalue weighted by molar-refractivity contribution is 7.89. The average molecular weight is 513 g/mol. The van der Waals surface area contributed by atoms with E-state index in [-0.39, 0.29) is 29.4 Å². The molecule has 0 unspecified atom stereocenters. The van der Waals surface area contributed by atoms with E-state index >= 15 is 0 Å². The molecule has 0 radical (unpaired) electrons. The Morgan fingerprint density at radius 2 is 1.83 bits per heavy atom. The zero-order valence-electron chi connectivity index (χ0n) is 20.6. The van der Waals surface area contributed by atoms with Gasteiger partial charge in [0.15, 0.2) is 0 Å². The molecular formula is C27H32N2O4S2. The molecule has 0 spiro atoms. The van der Waals surface area contributed by atoms with Crippen molar-refractivity contribution in [1.29, 1.82) is 0 Å². The number of rotatable bonds is 8. The second-order valence-electron chi connectivity index (χ2n) is 9.19. The molecule has 1 atom stereocenters. The fourth-order valence-corrected chi connectivity index (χ4v) is 6.89. The summed E-state index contributed by atoms with van der Waals surface area (Å²) in [6.07, 6.45) is 0.756. The summed E-state index contributed by atoms with van der Waals surface area (Å²) in [4.78, 5) is 16.9. The zero-order valence-corrected chi connectivity index (χ0v) is 22.2. The number of hydrogen-bond donors (Lipinski definition) is 0. The van der Waals surface area contributed by atoms with Crippen LogP contribution in [0.3, 0.4) is 0 Å². The Hall–Kier alpha value is -2.68. The Morgan fingerprint density at radius 3 is 2.51 bits per heavy atom. The van der Waals surface area contributed by atoms with Crippen LogP contribution in [0.4, 0.5) is 0 Å². The number of sulfonamides is 1. The molecule has 1 aromatic heterocycles. The molecule has 0 fully saturated rings. The summed E-state index contributed by atoms with van der Waals surface area (Å²) in [7, 11) is -3.82. The number of hydrogen-bond acceptors (Lipinski definition) is 5. The highest BCUT2D eigenvalue weighted by Gasteiger charge is 2.36.